The van der Waals surface area contributed by atoms with E-state index in [1.807, 2.05) is 13.8 Å². The number of aromatic amines is 1. The number of hydrogen-bond donors (Lipinski definition) is 2. The van der Waals surface area contributed by atoms with Crippen molar-refractivity contribution < 1.29 is 9.13 Å². The normalized spacial score (nSPS) is 14.1. The van der Waals surface area contributed by atoms with Gasteiger partial charge in [0, 0.05) is 11.6 Å². The first-order valence-electron chi connectivity index (χ1n) is 6.07. The molecule has 0 aliphatic rings. The van der Waals surface area contributed by atoms with Gasteiger partial charge in [-0.05, 0) is 26.0 Å². The molecule has 2 aromatic rings. The highest BCUT2D eigenvalue weighted by Crippen LogP contribution is 2.28. The number of rotatable bonds is 5. The Balaban J connectivity index is 2.18. The Bertz CT molecular complexity index is 529. The molecule has 0 aliphatic heterocycles. The summed E-state index contributed by atoms with van der Waals surface area (Å²) in [5, 5.41) is 9.85. The summed E-state index contributed by atoms with van der Waals surface area (Å²) in [6, 6.07) is 4.52. The van der Waals surface area contributed by atoms with Crippen molar-refractivity contribution in [1.82, 2.24) is 20.5 Å². The molecule has 0 bridgehead atoms. The van der Waals surface area contributed by atoms with Crippen LogP contribution in [0.15, 0.2) is 24.5 Å². The predicted molar refractivity (Wildman–Crippen MR) is 69.3 cm³/mol. The Labute approximate surface area is 111 Å². The summed E-state index contributed by atoms with van der Waals surface area (Å²) < 4.78 is 19.1. The number of ether oxygens (including phenoxy) is 1. The van der Waals surface area contributed by atoms with Crippen LogP contribution in [0.1, 0.15) is 37.3 Å². The smallest absolute Gasteiger partial charge is 0.141 e. The van der Waals surface area contributed by atoms with Gasteiger partial charge in [-0.3, -0.25) is 5.10 Å². The fourth-order valence-electron chi connectivity index (χ4n) is 2.08. The molecule has 2 atom stereocenters. The summed E-state index contributed by atoms with van der Waals surface area (Å²) >= 11 is 0. The van der Waals surface area contributed by atoms with Crippen LogP contribution in [0.2, 0.25) is 0 Å². The predicted octanol–water partition coefficient (Wildman–Crippen LogP) is 2.36. The topological polar surface area (TPSA) is 62.8 Å². The van der Waals surface area contributed by atoms with Crippen molar-refractivity contribution in [3.63, 3.8) is 0 Å². The molecule has 1 aromatic carbocycles. The molecule has 102 valence electrons. The van der Waals surface area contributed by atoms with Crippen LogP contribution in [0.3, 0.4) is 0 Å². The lowest BCUT2D eigenvalue weighted by molar-refractivity contribution is 0.385. The number of halogens is 1. The number of hydrogen-bond acceptors (Lipinski definition) is 4. The Hall–Kier alpha value is -1.95. The van der Waals surface area contributed by atoms with E-state index in [0.29, 0.717) is 17.1 Å². The summed E-state index contributed by atoms with van der Waals surface area (Å²) in [6.07, 6.45) is 1.45. The van der Waals surface area contributed by atoms with Crippen molar-refractivity contribution in [3.8, 4) is 5.75 Å². The van der Waals surface area contributed by atoms with Crippen LogP contribution in [0, 0.1) is 5.82 Å². The average molecular weight is 264 g/mol. The van der Waals surface area contributed by atoms with E-state index in [1.165, 1.54) is 19.5 Å². The molecule has 2 unspecified atom stereocenters. The summed E-state index contributed by atoms with van der Waals surface area (Å²) in [6.45, 7) is 3.82. The molecule has 0 radical (unpaired) electrons. The molecule has 2 rings (SSSR count). The SMILES string of the molecule is COc1cccc(F)c1C(C)NC(C)c1ncn[nH]1. The molecule has 19 heavy (non-hydrogen) atoms. The molecule has 1 aromatic heterocycles. The standard InChI is InChI=1S/C13H17FN4O/c1-8(17-9(2)13-15-7-16-18-13)12-10(14)5-4-6-11(12)19-3/h4-9,17H,1-3H3,(H,15,16,18). The lowest BCUT2D eigenvalue weighted by Gasteiger charge is -2.21. The van der Waals surface area contributed by atoms with Gasteiger partial charge in [0.15, 0.2) is 0 Å². The lowest BCUT2D eigenvalue weighted by atomic mass is 10.1. The zero-order valence-electron chi connectivity index (χ0n) is 11.1. The second kappa shape index (κ2) is 5.79. The molecule has 6 heteroatoms. The molecule has 0 aliphatic carbocycles. The van der Waals surface area contributed by atoms with Crippen LogP contribution in [-0.4, -0.2) is 22.3 Å². The van der Waals surface area contributed by atoms with Crippen molar-refractivity contribution in [2.75, 3.05) is 7.11 Å². The number of nitrogens with one attached hydrogen (secondary N) is 2. The molecule has 0 spiro atoms. The second-order valence-corrected chi connectivity index (χ2v) is 4.34. The maximum Gasteiger partial charge on any atom is 0.141 e. The largest absolute Gasteiger partial charge is 0.496 e. The first kappa shape index (κ1) is 13.5. The third-order valence-electron chi connectivity index (χ3n) is 3.01. The minimum Gasteiger partial charge on any atom is -0.496 e. The van der Waals surface area contributed by atoms with E-state index in [4.69, 9.17) is 4.74 Å². The van der Waals surface area contributed by atoms with Crippen molar-refractivity contribution >= 4 is 0 Å². The molecule has 0 amide bonds. The highest BCUT2D eigenvalue weighted by molar-refractivity contribution is 5.37. The maximum atomic E-state index is 13.9. The fourth-order valence-corrected chi connectivity index (χ4v) is 2.08. The van der Waals surface area contributed by atoms with E-state index in [2.05, 4.69) is 20.5 Å². The van der Waals surface area contributed by atoms with Gasteiger partial charge in [-0.2, -0.15) is 5.10 Å². The summed E-state index contributed by atoms with van der Waals surface area (Å²) in [4.78, 5) is 4.07. The molecular weight excluding hydrogens is 247 g/mol. The Morgan fingerprint density at radius 1 is 1.32 bits per heavy atom. The van der Waals surface area contributed by atoms with Crippen molar-refractivity contribution in [2.24, 2.45) is 0 Å². The van der Waals surface area contributed by atoms with E-state index < -0.39 is 0 Å². The molecular formula is C13H17FN4O. The summed E-state index contributed by atoms with van der Waals surface area (Å²) in [7, 11) is 1.53. The first-order valence-corrected chi connectivity index (χ1v) is 6.07. The maximum absolute atomic E-state index is 13.9. The molecule has 2 N–H and O–H groups in total. The van der Waals surface area contributed by atoms with Crippen molar-refractivity contribution in [3.05, 3.63) is 41.7 Å². The van der Waals surface area contributed by atoms with E-state index in [0.717, 1.165) is 0 Å². The Kier molecular flexibility index (Phi) is 4.11. The third kappa shape index (κ3) is 2.90. The number of H-pyrrole nitrogens is 1. The third-order valence-corrected chi connectivity index (χ3v) is 3.01. The first-order chi connectivity index (χ1) is 9.13. The van der Waals surface area contributed by atoms with Gasteiger partial charge in [-0.15, -0.1) is 0 Å². The van der Waals surface area contributed by atoms with Gasteiger partial charge >= 0.3 is 0 Å². The Morgan fingerprint density at radius 2 is 2.11 bits per heavy atom. The van der Waals surface area contributed by atoms with Gasteiger partial charge in [0.05, 0.1) is 13.2 Å². The van der Waals surface area contributed by atoms with E-state index in [9.17, 15) is 4.39 Å². The molecule has 0 saturated carbocycles. The highest BCUT2D eigenvalue weighted by Gasteiger charge is 2.19. The highest BCUT2D eigenvalue weighted by atomic mass is 19.1. The van der Waals surface area contributed by atoms with Crippen molar-refractivity contribution in [2.45, 2.75) is 25.9 Å². The molecule has 0 fully saturated rings. The van der Waals surface area contributed by atoms with E-state index >= 15 is 0 Å². The van der Waals surface area contributed by atoms with Crippen LogP contribution in [0.4, 0.5) is 4.39 Å². The Morgan fingerprint density at radius 3 is 2.74 bits per heavy atom. The van der Waals surface area contributed by atoms with Crippen LogP contribution < -0.4 is 10.1 Å². The molecule has 5 nitrogen and oxygen atoms in total. The number of benzene rings is 1. The van der Waals surface area contributed by atoms with Crippen LogP contribution >= 0.6 is 0 Å². The minimum atomic E-state index is -0.288. The fraction of sp³-hybridized carbons (Fsp3) is 0.385. The average Bonchev–Trinajstić information content (AvgIpc) is 2.92. The van der Waals surface area contributed by atoms with Crippen LogP contribution in [-0.2, 0) is 0 Å². The van der Waals surface area contributed by atoms with Gasteiger partial charge < -0.3 is 10.1 Å². The van der Waals surface area contributed by atoms with Gasteiger partial charge in [-0.25, -0.2) is 9.37 Å². The molecule has 1 heterocycles. The van der Waals surface area contributed by atoms with Gasteiger partial charge in [0.25, 0.3) is 0 Å². The minimum absolute atomic E-state index is 0.0678. The van der Waals surface area contributed by atoms with E-state index in [1.54, 1.807) is 12.1 Å². The summed E-state index contributed by atoms with van der Waals surface area (Å²) in [5.41, 5.74) is 0.511. The number of nitrogens with zero attached hydrogens (tertiary/aromatic N) is 2. The van der Waals surface area contributed by atoms with Gasteiger partial charge in [0.2, 0.25) is 0 Å². The van der Waals surface area contributed by atoms with Gasteiger partial charge in [0.1, 0.15) is 23.7 Å². The monoisotopic (exact) mass is 264 g/mol. The molecule has 0 saturated heterocycles. The lowest BCUT2D eigenvalue weighted by Crippen LogP contribution is -2.24. The van der Waals surface area contributed by atoms with Gasteiger partial charge in [-0.1, -0.05) is 6.07 Å². The van der Waals surface area contributed by atoms with E-state index in [-0.39, 0.29) is 17.9 Å². The van der Waals surface area contributed by atoms with Crippen LogP contribution in [0.5, 0.6) is 5.75 Å². The summed E-state index contributed by atoms with van der Waals surface area (Å²) in [5.74, 6) is 0.955. The quantitative estimate of drug-likeness (QED) is 0.870. The van der Waals surface area contributed by atoms with Crippen molar-refractivity contribution in [1.29, 1.82) is 0 Å². The number of methoxy groups -OCH3 is 1. The zero-order chi connectivity index (χ0) is 13.8. The second-order valence-electron chi connectivity index (χ2n) is 4.34. The van der Waals surface area contributed by atoms with Crippen LogP contribution in [0.25, 0.3) is 0 Å². The number of aromatic nitrogens is 3. The zero-order valence-corrected chi connectivity index (χ0v) is 11.1.